The molecule has 2 aromatic rings. The van der Waals surface area contributed by atoms with Gasteiger partial charge >= 0.3 is 0 Å². The molecule has 1 saturated heterocycles. The van der Waals surface area contributed by atoms with Crippen molar-refractivity contribution in [3.63, 3.8) is 0 Å². The molecule has 2 atom stereocenters. The van der Waals surface area contributed by atoms with Crippen LogP contribution in [0.4, 0.5) is 0 Å². The third-order valence-electron chi connectivity index (χ3n) is 4.63. The number of pyridine rings is 1. The van der Waals surface area contributed by atoms with Gasteiger partial charge in [-0.05, 0) is 38.8 Å². The number of rotatable bonds is 1. The zero-order chi connectivity index (χ0) is 14.6. The number of aromatic nitrogens is 2. The van der Waals surface area contributed by atoms with E-state index in [4.69, 9.17) is 0 Å². The molecule has 2 aliphatic heterocycles. The first-order valence-corrected chi connectivity index (χ1v) is 8.33. The summed E-state index contributed by atoms with van der Waals surface area (Å²) >= 11 is 1.68. The van der Waals surface area contributed by atoms with Gasteiger partial charge in [0, 0.05) is 36.3 Å². The standard InChI is InChI=1S/C16H19N3OS.ClH/c1-9-16(21-10(2)18-9)12-4-14-13-3-11(6-17-7-13)8-19(14)15(20)5-12;/h4-5,11,13,17H,3,6-8H2,1-2H3;1H/t11-,13+;/m0./s1. The minimum atomic E-state index is 0. The zero-order valence-corrected chi connectivity index (χ0v) is 14.4. The van der Waals surface area contributed by atoms with Crippen molar-refractivity contribution in [3.8, 4) is 10.4 Å². The Kier molecular flexibility index (Phi) is 4.14. The van der Waals surface area contributed by atoms with Gasteiger partial charge in [-0.25, -0.2) is 4.98 Å². The monoisotopic (exact) mass is 337 g/mol. The van der Waals surface area contributed by atoms with E-state index in [1.165, 1.54) is 12.1 Å². The molecule has 4 heterocycles. The van der Waals surface area contributed by atoms with E-state index in [9.17, 15) is 4.79 Å². The predicted octanol–water partition coefficient (Wildman–Crippen LogP) is 2.72. The quantitative estimate of drug-likeness (QED) is 0.870. The van der Waals surface area contributed by atoms with Gasteiger partial charge in [0.25, 0.3) is 5.56 Å². The summed E-state index contributed by atoms with van der Waals surface area (Å²) in [6.07, 6.45) is 1.20. The van der Waals surface area contributed by atoms with Gasteiger partial charge in [-0.1, -0.05) is 0 Å². The molecule has 6 heteroatoms. The number of halogens is 1. The lowest BCUT2D eigenvalue weighted by Gasteiger charge is -2.37. The molecule has 0 amide bonds. The average molecular weight is 338 g/mol. The molecule has 1 N–H and O–H groups in total. The van der Waals surface area contributed by atoms with Crippen LogP contribution in [0.1, 0.15) is 28.7 Å². The van der Waals surface area contributed by atoms with E-state index >= 15 is 0 Å². The molecule has 0 spiro atoms. The van der Waals surface area contributed by atoms with Gasteiger partial charge in [-0.3, -0.25) is 4.79 Å². The first-order chi connectivity index (χ1) is 10.1. The molecule has 2 bridgehead atoms. The first kappa shape index (κ1) is 15.7. The number of piperidine rings is 1. The Bertz CT molecular complexity index is 767. The molecule has 0 aromatic carbocycles. The van der Waals surface area contributed by atoms with Crippen LogP contribution in [0, 0.1) is 19.8 Å². The number of hydrogen-bond donors (Lipinski definition) is 1. The highest BCUT2D eigenvalue weighted by Crippen LogP contribution is 2.35. The van der Waals surface area contributed by atoms with Gasteiger partial charge in [0.15, 0.2) is 0 Å². The summed E-state index contributed by atoms with van der Waals surface area (Å²) in [6.45, 7) is 6.92. The maximum Gasteiger partial charge on any atom is 0.251 e. The zero-order valence-electron chi connectivity index (χ0n) is 12.8. The largest absolute Gasteiger partial charge is 0.316 e. The summed E-state index contributed by atoms with van der Waals surface area (Å²) in [7, 11) is 0. The highest BCUT2D eigenvalue weighted by atomic mass is 35.5. The van der Waals surface area contributed by atoms with Crippen LogP contribution >= 0.6 is 23.7 Å². The molecule has 22 heavy (non-hydrogen) atoms. The third kappa shape index (κ3) is 2.51. The van der Waals surface area contributed by atoms with Crippen LogP contribution in [0.2, 0.25) is 0 Å². The molecular weight excluding hydrogens is 318 g/mol. The molecule has 0 saturated carbocycles. The van der Waals surface area contributed by atoms with Crippen molar-refractivity contribution < 1.29 is 0 Å². The third-order valence-corrected chi connectivity index (χ3v) is 5.75. The van der Waals surface area contributed by atoms with Gasteiger partial charge < -0.3 is 9.88 Å². The maximum absolute atomic E-state index is 12.5. The van der Waals surface area contributed by atoms with Crippen molar-refractivity contribution in [2.45, 2.75) is 32.7 Å². The molecule has 2 aromatic heterocycles. The Balaban J connectivity index is 0.00000144. The van der Waals surface area contributed by atoms with Crippen LogP contribution in [0.25, 0.3) is 10.4 Å². The maximum atomic E-state index is 12.5. The second-order valence-electron chi connectivity index (χ2n) is 6.22. The topological polar surface area (TPSA) is 46.9 Å². The van der Waals surface area contributed by atoms with E-state index in [2.05, 4.69) is 16.4 Å². The van der Waals surface area contributed by atoms with Crippen molar-refractivity contribution in [2.75, 3.05) is 13.1 Å². The fraction of sp³-hybridized carbons (Fsp3) is 0.500. The Morgan fingerprint density at radius 1 is 1.32 bits per heavy atom. The molecule has 0 radical (unpaired) electrons. The predicted molar refractivity (Wildman–Crippen MR) is 92.2 cm³/mol. The Morgan fingerprint density at radius 2 is 2.14 bits per heavy atom. The lowest BCUT2D eigenvalue weighted by molar-refractivity contribution is 0.257. The first-order valence-electron chi connectivity index (χ1n) is 7.51. The minimum absolute atomic E-state index is 0. The molecular formula is C16H20ClN3OS. The number of hydrogen-bond acceptors (Lipinski definition) is 4. The van der Waals surface area contributed by atoms with Crippen LogP contribution in [0.15, 0.2) is 16.9 Å². The molecule has 0 unspecified atom stereocenters. The smallest absolute Gasteiger partial charge is 0.251 e. The SMILES string of the molecule is Cc1nc(C)c(-c2cc3n(c(=O)c2)C[C@@H]2CNC[C@H]3C2)s1.Cl. The summed E-state index contributed by atoms with van der Waals surface area (Å²) in [5, 5.41) is 4.55. The average Bonchev–Trinajstić information content (AvgIpc) is 2.79. The van der Waals surface area contributed by atoms with Gasteiger partial charge in [0.05, 0.1) is 15.6 Å². The summed E-state index contributed by atoms with van der Waals surface area (Å²) in [6, 6.07) is 4.01. The van der Waals surface area contributed by atoms with Crippen molar-refractivity contribution >= 4 is 23.7 Å². The minimum Gasteiger partial charge on any atom is -0.316 e. The number of thiazole rings is 1. The Hall–Kier alpha value is -1.17. The second-order valence-corrected chi connectivity index (χ2v) is 7.43. The Morgan fingerprint density at radius 3 is 2.86 bits per heavy atom. The lowest BCUT2D eigenvalue weighted by atomic mass is 9.84. The highest BCUT2D eigenvalue weighted by Gasteiger charge is 2.31. The van der Waals surface area contributed by atoms with Gasteiger partial charge in [0.2, 0.25) is 0 Å². The molecule has 4 rings (SSSR count). The molecule has 2 aliphatic rings. The summed E-state index contributed by atoms with van der Waals surface area (Å²) in [5.74, 6) is 1.08. The van der Waals surface area contributed by atoms with Crippen LogP contribution in [-0.2, 0) is 6.54 Å². The van der Waals surface area contributed by atoms with E-state index in [-0.39, 0.29) is 18.0 Å². The van der Waals surface area contributed by atoms with E-state index in [0.717, 1.165) is 40.8 Å². The summed E-state index contributed by atoms with van der Waals surface area (Å²) in [4.78, 5) is 18.2. The van der Waals surface area contributed by atoms with Crippen LogP contribution in [0.3, 0.4) is 0 Å². The fourth-order valence-electron chi connectivity index (χ4n) is 3.73. The van der Waals surface area contributed by atoms with Crippen LogP contribution < -0.4 is 10.9 Å². The summed E-state index contributed by atoms with van der Waals surface area (Å²) < 4.78 is 1.99. The molecule has 118 valence electrons. The molecule has 0 aliphatic carbocycles. The van der Waals surface area contributed by atoms with E-state index in [1.807, 2.05) is 18.4 Å². The van der Waals surface area contributed by atoms with E-state index < -0.39 is 0 Å². The number of nitrogens with zero attached hydrogens (tertiary/aromatic N) is 2. The van der Waals surface area contributed by atoms with Crippen LogP contribution in [-0.4, -0.2) is 22.6 Å². The molecule has 4 nitrogen and oxygen atoms in total. The van der Waals surface area contributed by atoms with Crippen molar-refractivity contribution in [1.82, 2.24) is 14.9 Å². The number of aryl methyl sites for hydroxylation is 2. The van der Waals surface area contributed by atoms with Gasteiger partial charge in [-0.2, -0.15) is 0 Å². The van der Waals surface area contributed by atoms with E-state index in [0.29, 0.717) is 11.8 Å². The van der Waals surface area contributed by atoms with Gasteiger partial charge in [-0.15, -0.1) is 23.7 Å². The van der Waals surface area contributed by atoms with E-state index in [1.54, 1.807) is 17.4 Å². The lowest BCUT2D eigenvalue weighted by Crippen LogP contribution is -2.44. The number of fused-ring (bicyclic) bond motifs is 4. The Labute approximate surface area is 140 Å². The van der Waals surface area contributed by atoms with Crippen molar-refractivity contribution in [3.05, 3.63) is 38.9 Å². The van der Waals surface area contributed by atoms with Crippen LogP contribution in [0.5, 0.6) is 0 Å². The molecule has 1 fully saturated rings. The van der Waals surface area contributed by atoms with Gasteiger partial charge in [0.1, 0.15) is 0 Å². The second kappa shape index (κ2) is 5.80. The highest BCUT2D eigenvalue weighted by molar-refractivity contribution is 7.15. The van der Waals surface area contributed by atoms with Crippen molar-refractivity contribution in [2.24, 2.45) is 5.92 Å². The normalized spacial score (nSPS) is 22.8. The number of nitrogens with one attached hydrogen (secondary N) is 1. The summed E-state index contributed by atoms with van der Waals surface area (Å²) in [5.41, 5.74) is 3.41. The van der Waals surface area contributed by atoms with Crippen molar-refractivity contribution in [1.29, 1.82) is 0 Å². The fourth-order valence-corrected chi connectivity index (χ4v) is 4.64.